The van der Waals surface area contributed by atoms with Gasteiger partial charge in [-0.1, -0.05) is 24.3 Å². The number of aromatic hydroxyl groups is 2. The van der Waals surface area contributed by atoms with Crippen molar-refractivity contribution in [1.82, 2.24) is 0 Å². The fourth-order valence-corrected chi connectivity index (χ4v) is 9.41. The summed E-state index contributed by atoms with van der Waals surface area (Å²) in [4.78, 5) is 11.5. The van der Waals surface area contributed by atoms with Crippen molar-refractivity contribution in [1.29, 1.82) is 0 Å². The first-order valence-electron chi connectivity index (χ1n) is 15.8. The molecule has 8 N–H and O–H groups in total. The summed E-state index contributed by atoms with van der Waals surface area (Å²) in [6, 6.07) is 19.0. The van der Waals surface area contributed by atoms with Gasteiger partial charge in [-0.05, 0) is 96.4 Å². The lowest BCUT2D eigenvalue weighted by Gasteiger charge is -2.15. The number of fused-ring (bicyclic) bond motifs is 2. The van der Waals surface area contributed by atoms with Crippen molar-refractivity contribution in [3.63, 3.8) is 0 Å². The van der Waals surface area contributed by atoms with E-state index >= 15 is 0 Å². The first-order chi connectivity index (χ1) is 26.0. The van der Waals surface area contributed by atoms with E-state index in [0.29, 0.717) is 11.1 Å². The second-order valence-electron chi connectivity index (χ2n) is 12.5. The minimum Gasteiger partial charge on any atom is -0.507 e. The number of nitrogens with one attached hydrogen (secondary N) is 4. The number of anilines is 4. The van der Waals surface area contributed by atoms with Crippen LogP contribution in [0.1, 0.15) is 11.1 Å². The standard InChI is InChI=1S/C35H30N4O13S4/c1-19-3-7-23(15-33(19)53(43,44)38-25-9-5-21-11-27(55(47,48)49)17-31(40)29(21)13-25)36-35(42)37-24-8-4-20(2)34(16-24)54(45,46)39-26-10-6-22-12-28(56(50,51)52)18-32(41)30(22)14-26/h3-18,38-41H,1-2H3,(H2,36,37,42)(H,47,48,49)(H,50,51,52). The average molecular weight is 843 g/mol. The number of urea groups is 1. The second kappa shape index (κ2) is 14.3. The molecule has 0 fully saturated rings. The van der Waals surface area contributed by atoms with Crippen LogP contribution >= 0.6 is 0 Å². The number of sulfonamides is 2. The third-order valence-electron chi connectivity index (χ3n) is 8.38. The molecule has 56 heavy (non-hydrogen) atoms. The number of benzene rings is 6. The lowest BCUT2D eigenvalue weighted by Crippen LogP contribution is -2.21. The maximum absolute atomic E-state index is 13.5. The molecular formula is C35H30N4O13S4. The molecule has 0 aliphatic heterocycles. The van der Waals surface area contributed by atoms with Gasteiger partial charge in [0.15, 0.2) is 0 Å². The topological polar surface area (TPSA) is 283 Å². The van der Waals surface area contributed by atoms with Crippen LogP contribution < -0.4 is 20.1 Å². The van der Waals surface area contributed by atoms with Gasteiger partial charge < -0.3 is 20.8 Å². The van der Waals surface area contributed by atoms with Crippen LogP contribution in [0, 0.1) is 13.8 Å². The number of phenols is 2. The Labute approximate surface area is 320 Å². The zero-order valence-electron chi connectivity index (χ0n) is 28.8. The van der Waals surface area contributed by atoms with E-state index in [1.165, 1.54) is 86.6 Å². The molecular weight excluding hydrogens is 813 g/mol. The molecule has 2 amide bonds. The van der Waals surface area contributed by atoms with Crippen molar-refractivity contribution in [3.05, 3.63) is 108 Å². The highest BCUT2D eigenvalue weighted by Gasteiger charge is 2.22. The molecule has 0 aliphatic carbocycles. The smallest absolute Gasteiger partial charge is 0.323 e. The third-order valence-corrected chi connectivity index (χ3v) is 13.1. The number of rotatable bonds is 10. The van der Waals surface area contributed by atoms with Gasteiger partial charge in [-0.2, -0.15) is 16.8 Å². The van der Waals surface area contributed by atoms with Crippen LogP contribution in [0.5, 0.6) is 11.5 Å². The highest BCUT2D eigenvalue weighted by Crippen LogP contribution is 2.34. The van der Waals surface area contributed by atoms with Crippen LogP contribution in [-0.2, 0) is 40.3 Å². The van der Waals surface area contributed by atoms with E-state index in [2.05, 4.69) is 20.1 Å². The van der Waals surface area contributed by atoms with Crippen molar-refractivity contribution in [2.45, 2.75) is 33.4 Å². The predicted octanol–water partition coefficient (Wildman–Crippen LogP) is 5.76. The summed E-state index contributed by atoms with van der Waals surface area (Å²) in [5.74, 6) is -1.04. The minimum absolute atomic E-state index is 0.00977. The quantitative estimate of drug-likeness (QED) is 0.0763. The van der Waals surface area contributed by atoms with Gasteiger partial charge in [0.2, 0.25) is 0 Å². The molecule has 6 aromatic rings. The van der Waals surface area contributed by atoms with Gasteiger partial charge >= 0.3 is 6.03 Å². The lowest BCUT2D eigenvalue weighted by atomic mass is 10.1. The fourth-order valence-electron chi connectivity index (χ4n) is 5.70. The third kappa shape index (κ3) is 8.46. The van der Waals surface area contributed by atoms with Crippen LogP contribution in [0.2, 0.25) is 0 Å². The van der Waals surface area contributed by atoms with Crippen LogP contribution in [0.4, 0.5) is 27.5 Å². The molecule has 0 radical (unpaired) electrons. The highest BCUT2D eigenvalue weighted by molar-refractivity contribution is 7.93. The van der Waals surface area contributed by atoms with E-state index in [-0.39, 0.29) is 54.1 Å². The van der Waals surface area contributed by atoms with Crippen LogP contribution in [0.3, 0.4) is 0 Å². The second-order valence-corrected chi connectivity index (χ2v) is 18.6. The first-order valence-corrected chi connectivity index (χ1v) is 21.7. The lowest BCUT2D eigenvalue weighted by molar-refractivity contribution is 0.262. The number of hydrogen-bond donors (Lipinski definition) is 8. The number of carbonyl (C=O) groups is 1. The fraction of sp³-hybridized carbons (Fsp3) is 0.0571. The Balaban J connectivity index is 1.18. The van der Waals surface area contributed by atoms with Crippen molar-refractivity contribution < 1.29 is 57.8 Å². The summed E-state index contributed by atoms with van der Waals surface area (Å²) in [5, 5.41) is 26.3. The number of phenolic OH excluding ortho intramolecular Hbond substituents is 2. The number of carbonyl (C=O) groups excluding carboxylic acids is 1. The SMILES string of the molecule is Cc1ccc(NC(=O)Nc2ccc(C)c(S(=O)(=O)Nc3ccc4cc(S(=O)(=O)O)cc(O)c4c3)c2)cc1S(=O)(=O)Nc1ccc2cc(S(=O)(=O)O)cc(O)c2c1. The summed E-state index contributed by atoms with van der Waals surface area (Å²) < 4.78 is 123. The zero-order valence-corrected chi connectivity index (χ0v) is 32.1. The maximum Gasteiger partial charge on any atom is 0.323 e. The summed E-state index contributed by atoms with van der Waals surface area (Å²) >= 11 is 0. The molecule has 6 rings (SSSR count). The van der Waals surface area contributed by atoms with Crippen LogP contribution in [0.15, 0.2) is 117 Å². The van der Waals surface area contributed by atoms with Gasteiger partial charge in [0.25, 0.3) is 40.3 Å². The van der Waals surface area contributed by atoms with Crippen molar-refractivity contribution in [2.75, 3.05) is 20.1 Å². The Kier molecular flexibility index (Phi) is 10.1. The number of hydrogen-bond acceptors (Lipinski definition) is 11. The van der Waals surface area contributed by atoms with Crippen molar-refractivity contribution >= 4 is 90.6 Å². The van der Waals surface area contributed by atoms with E-state index in [4.69, 9.17) is 0 Å². The monoisotopic (exact) mass is 842 g/mol. The van der Waals surface area contributed by atoms with Crippen molar-refractivity contribution in [3.8, 4) is 11.5 Å². The van der Waals surface area contributed by atoms with Gasteiger partial charge in [-0.15, -0.1) is 0 Å². The highest BCUT2D eigenvalue weighted by atomic mass is 32.2. The molecule has 0 saturated carbocycles. The van der Waals surface area contributed by atoms with Gasteiger partial charge in [0.1, 0.15) is 11.5 Å². The van der Waals surface area contributed by atoms with E-state index in [9.17, 15) is 57.8 Å². The average Bonchev–Trinajstić information content (AvgIpc) is 3.09. The molecule has 17 nitrogen and oxygen atoms in total. The summed E-state index contributed by atoms with van der Waals surface area (Å²) in [5.41, 5.74) is 0.719. The predicted molar refractivity (Wildman–Crippen MR) is 207 cm³/mol. The molecule has 0 spiro atoms. The molecule has 0 unspecified atom stereocenters. The van der Waals surface area contributed by atoms with Crippen LogP contribution in [-0.4, -0.2) is 59.0 Å². The summed E-state index contributed by atoms with van der Waals surface area (Å²) in [6.07, 6.45) is 0. The van der Waals surface area contributed by atoms with E-state index in [1.807, 2.05) is 0 Å². The van der Waals surface area contributed by atoms with Crippen LogP contribution in [0.25, 0.3) is 21.5 Å². The Morgan fingerprint density at radius 3 is 1.20 bits per heavy atom. The molecule has 0 heterocycles. The Morgan fingerprint density at radius 2 is 0.839 bits per heavy atom. The summed E-state index contributed by atoms with van der Waals surface area (Å²) in [7, 11) is -17.9. The van der Waals surface area contributed by atoms with Crippen molar-refractivity contribution in [2.24, 2.45) is 0 Å². The Morgan fingerprint density at radius 1 is 0.482 bits per heavy atom. The molecule has 0 atom stereocenters. The Bertz CT molecular complexity index is 2880. The first kappa shape index (κ1) is 39.7. The minimum atomic E-state index is -4.62. The number of aryl methyl sites for hydroxylation is 2. The largest absolute Gasteiger partial charge is 0.507 e. The molecule has 292 valence electrons. The van der Waals surface area contributed by atoms with Gasteiger partial charge in [0.05, 0.1) is 19.6 Å². The maximum atomic E-state index is 13.5. The molecule has 0 aliphatic rings. The van der Waals surface area contributed by atoms with Gasteiger partial charge in [0, 0.05) is 45.7 Å². The van der Waals surface area contributed by atoms with E-state index < -0.39 is 67.6 Å². The molecule has 0 saturated heterocycles. The molecule has 6 aromatic carbocycles. The summed E-state index contributed by atoms with van der Waals surface area (Å²) in [6.45, 7) is 3.04. The van der Waals surface area contributed by atoms with Gasteiger partial charge in [-0.25, -0.2) is 21.6 Å². The van der Waals surface area contributed by atoms with E-state index in [1.54, 1.807) is 0 Å². The molecule has 21 heteroatoms. The zero-order chi connectivity index (χ0) is 41.0. The number of amides is 2. The van der Waals surface area contributed by atoms with E-state index in [0.717, 1.165) is 24.3 Å². The van der Waals surface area contributed by atoms with Gasteiger partial charge in [-0.3, -0.25) is 18.5 Å². The Hall–Kier alpha value is -5.97. The molecule has 0 bridgehead atoms. The normalized spacial score (nSPS) is 12.4. The molecule has 0 aromatic heterocycles.